The van der Waals surface area contributed by atoms with Crippen molar-refractivity contribution in [2.24, 2.45) is 0 Å². The van der Waals surface area contributed by atoms with E-state index in [0.29, 0.717) is 0 Å². The molecule has 0 heterocycles. The lowest BCUT2D eigenvalue weighted by molar-refractivity contribution is -0.139. The van der Waals surface area contributed by atoms with Gasteiger partial charge in [-0.2, -0.15) is 0 Å². The zero-order valence-corrected chi connectivity index (χ0v) is 8.96. The molecule has 0 aliphatic heterocycles. The average molecular weight is 199 g/mol. The maximum absolute atomic E-state index is 10.6. The number of nitrogens with one attached hydrogen (secondary N) is 1. The third kappa shape index (κ3) is 6.66. The van der Waals surface area contributed by atoms with E-state index in [2.05, 4.69) is 11.9 Å². The van der Waals surface area contributed by atoms with Crippen LogP contribution in [0.3, 0.4) is 0 Å². The molecule has 0 aromatic heterocycles. The standard InChI is InChI=1S/C11H21NO2/c1-3-4-5-6-7-8-9-10(12-2)11(13)14/h3,10,12H,1,4-9H2,2H3,(H,13,14). The van der Waals surface area contributed by atoms with Crippen LogP contribution in [0.25, 0.3) is 0 Å². The van der Waals surface area contributed by atoms with Gasteiger partial charge >= 0.3 is 5.97 Å². The molecule has 0 amide bonds. The molecule has 2 N–H and O–H groups in total. The van der Waals surface area contributed by atoms with Crippen LogP contribution in [-0.4, -0.2) is 24.2 Å². The van der Waals surface area contributed by atoms with Crippen LogP contribution in [0.2, 0.25) is 0 Å². The van der Waals surface area contributed by atoms with Crippen molar-refractivity contribution in [3.05, 3.63) is 12.7 Å². The minimum absolute atomic E-state index is 0.380. The number of carboxylic acid groups (broad SMARTS) is 1. The lowest BCUT2D eigenvalue weighted by Crippen LogP contribution is -2.33. The molecular formula is C11H21NO2. The fraction of sp³-hybridized carbons (Fsp3) is 0.727. The van der Waals surface area contributed by atoms with Gasteiger partial charge in [0.15, 0.2) is 0 Å². The Balaban J connectivity index is 3.33. The normalized spacial score (nSPS) is 12.4. The van der Waals surface area contributed by atoms with Crippen LogP contribution in [0.15, 0.2) is 12.7 Å². The van der Waals surface area contributed by atoms with Crippen molar-refractivity contribution in [2.75, 3.05) is 7.05 Å². The molecule has 1 unspecified atom stereocenters. The maximum atomic E-state index is 10.6. The van der Waals surface area contributed by atoms with Crippen LogP contribution in [-0.2, 0) is 4.79 Å². The van der Waals surface area contributed by atoms with Gasteiger partial charge in [-0.1, -0.05) is 25.3 Å². The molecule has 0 fully saturated rings. The van der Waals surface area contributed by atoms with Crippen molar-refractivity contribution in [1.29, 1.82) is 0 Å². The molecule has 3 nitrogen and oxygen atoms in total. The van der Waals surface area contributed by atoms with E-state index in [0.717, 1.165) is 25.7 Å². The molecule has 82 valence electrons. The van der Waals surface area contributed by atoms with Crippen molar-refractivity contribution in [3.63, 3.8) is 0 Å². The Morgan fingerprint density at radius 1 is 1.43 bits per heavy atom. The fourth-order valence-electron chi connectivity index (χ4n) is 1.38. The molecule has 0 aromatic rings. The minimum Gasteiger partial charge on any atom is -0.480 e. The molecular weight excluding hydrogens is 178 g/mol. The highest BCUT2D eigenvalue weighted by atomic mass is 16.4. The number of allylic oxidation sites excluding steroid dienone is 1. The number of hydrogen-bond donors (Lipinski definition) is 2. The van der Waals surface area contributed by atoms with Gasteiger partial charge < -0.3 is 10.4 Å². The summed E-state index contributed by atoms with van der Waals surface area (Å²) in [6.07, 6.45) is 8.14. The largest absolute Gasteiger partial charge is 0.480 e. The van der Waals surface area contributed by atoms with E-state index in [4.69, 9.17) is 5.11 Å². The van der Waals surface area contributed by atoms with Gasteiger partial charge in [0.2, 0.25) is 0 Å². The molecule has 1 atom stereocenters. The van der Waals surface area contributed by atoms with Crippen molar-refractivity contribution in [3.8, 4) is 0 Å². The van der Waals surface area contributed by atoms with E-state index in [-0.39, 0.29) is 6.04 Å². The van der Waals surface area contributed by atoms with E-state index >= 15 is 0 Å². The summed E-state index contributed by atoms with van der Waals surface area (Å²) in [4.78, 5) is 10.6. The summed E-state index contributed by atoms with van der Waals surface area (Å²) in [5.41, 5.74) is 0. The third-order valence-corrected chi connectivity index (χ3v) is 2.30. The molecule has 0 radical (unpaired) electrons. The topological polar surface area (TPSA) is 49.3 Å². The molecule has 0 saturated carbocycles. The average Bonchev–Trinajstić information content (AvgIpc) is 2.16. The number of likely N-dealkylation sites (N-methyl/N-ethyl adjacent to an activating group) is 1. The van der Waals surface area contributed by atoms with Crippen LogP contribution >= 0.6 is 0 Å². The molecule has 0 aromatic carbocycles. The Hall–Kier alpha value is -0.830. The van der Waals surface area contributed by atoms with Crippen LogP contribution in [0, 0.1) is 0 Å². The third-order valence-electron chi connectivity index (χ3n) is 2.30. The predicted octanol–water partition coefficient (Wildman–Crippen LogP) is 2.19. The Labute approximate surface area is 86.2 Å². The SMILES string of the molecule is C=CCCCCCCC(NC)C(=O)O. The van der Waals surface area contributed by atoms with Crippen LogP contribution in [0.5, 0.6) is 0 Å². The van der Waals surface area contributed by atoms with Crippen molar-refractivity contribution >= 4 is 5.97 Å². The lowest BCUT2D eigenvalue weighted by atomic mass is 10.1. The zero-order chi connectivity index (χ0) is 10.8. The zero-order valence-electron chi connectivity index (χ0n) is 8.96. The summed E-state index contributed by atoms with van der Waals surface area (Å²) in [6.45, 7) is 3.66. The smallest absolute Gasteiger partial charge is 0.320 e. The maximum Gasteiger partial charge on any atom is 0.320 e. The van der Waals surface area contributed by atoms with Gasteiger partial charge in [0.05, 0.1) is 0 Å². The van der Waals surface area contributed by atoms with Gasteiger partial charge in [0.25, 0.3) is 0 Å². The molecule has 0 rings (SSSR count). The number of carboxylic acids is 1. The highest BCUT2D eigenvalue weighted by molar-refractivity contribution is 5.73. The van der Waals surface area contributed by atoms with Crippen LogP contribution in [0.4, 0.5) is 0 Å². The van der Waals surface area contributed by atoms with Crippen molar-refractivity contribution in [2.45, 2.75) is 44.6 Å². The minimum atomic E-state index is -0.751. The predicted molar refractivity (Wildman–Crippen MR) is 58.4 cm³/mol. The van der Waals surface area contributed by atoms with E-state index in [1.807, 2.05) is 6.08 Å². The van der Waals surface area contributed by atoms with Gasteiger partial charge in [-0.25, -0.2) is 0 Å². The highest BCUT2D eigenvalue weighted by Crippen LogP contribution is 2.07. The molecule has 0 spiro atoms. The second-order valence-corrected chi connectivity index (χ2v) is 3.46. The van der Waals surface area contributed by atoms with E-state index in [1.165, 1.54) is 12.8 Å². The van der Waals surface area contributed by atoms with Crippen molar-refractivity contribution in [1.82, 2.24) is 5.32 Å². The molecule has 0 aliphatic carbocycles. The first-order valence-electron chi connectivity index (χ1n) is 5.23. The first kappa shape index (κ1) is 13.2. The Kier molecular flexibility index (Phi) is 8.24. The Morgan fingerprint density at radius 3 is 2.57 bits per heavy atom. The summed E-state index contributed by atoms with van der Waals surface area (Å²) in [7, 11) is 1.69. The number of aliphatic carboxylic acids is 1. The highest BCUT2D eigenvalue weighted by Gasteiger charge is 2.13. The Bertz CT molecular complexity index is 169. The summed E-state index contributed by atoms with van der Waals surface area (Å²) in [5.74, 6) is -0.751. The van der Waals surface area contributed by atoms with Gasteiger partial charge in [0, 0.05) is 0 Å². The molecule has 0 aliphatic rings. The quantitative estimate of drug-likeness (QED) is 0.442. The van der Waals surface area contributed by atoms with Gasteiger partial charge in [-0.3, -0.25) is 4.79 Å². The second kappa shape index (κ2) is 8.75. The molecule has 14 heavy (non-hydrogen) atoms. The fourth-order valence-corrected chi connectivity index (χ4v) is 1.38. The van der Waals surface area contributed by atoms with Crippen LogP contribution < -0.4 is 5.32 Å². The lowest BCUT2D eigenvalue weighted by Gasteiger charge is -2.10. The summed E-state index contributed by atoms with van der Waals surface area (Å²) < 4.78 is 0. The van der Waals surface area contributed by atoms with E-state index < -0.39 is 5.97 Å². The number of unbranched alkanes of at least 4 members (excludes halogenated alkanes) is 4. The number of carbonyl (C=O) groups is 1. The van der Waals surface area contributed by atoms with Crippen LogP contribution in [0.1, 0.15) is 38.5 Å². The van der Waals surface area contributed by atoms with Gasteiger partial charge in [-0.15, -0.1) is 6.58 Å². The Morgan fingerprint density at radius 2 is 2.07 bits per heavy atom. The monoisotopic (exact) mass is 199 g/mol. The van der Waals surface area contributed by atoms with Gasteiger partial charge in [-0.05, 0) is 26.3 Å². The molecule has 3 heteroatoms. The molecule has 0 saturated heterocycles. The summed E-state index contributed by atoms with van der Waals surface area (Å²) in [5, 5.41) is 11.5. The summed E-state index contributed by atoms with van der Waals surface area (Å²) >= 11 is 0. The first-order valence-corrected chi connectivity index (χ1v) is 5.23. The summed E-state index contributed by atoms with van der Waals surface area (Å²) in [6, 6.07) is -0.380. The van der Waals surface area contributed by atoms with E-state index in [9.17, 15) is 4.79 Å². The number of rotatable bonds is 9. The van der Waals surface area contributed by atoms with E-state index in [1.54, 1.807) is 7.05 Å². The molecule has 0 bridgehead atoms. The van der Waals surface area contributed by atoms with Crippen molar-refractivity contribution < 1.29 is 9.90 Å². The second-order valence-electron chi connectivity index (χ2n) is 3.46. The van der Waals surface area contributed by atoms with Gasteiger partial charge in [0.1, 0.15) is 6.04 Å². The first-order chi connectivity index (χ1) is 6.72. The number of hydrogen-bond acceptors (Lipinski definition) is 2.